The summed E-state index contributed by atoms with van der Waals surface area (Å²) in [5.41, 5.74) is 7.64. The largest absolute Gasteiger partial charge is 0.398 e. The van der Waals surface area contributed by atoms with Crippen LogP contribution in [0.15, 0.2) is 40.9 Å². The number of amides is 1. The van der Waals surface area contributed by atoms with E-state index in [1.807, 2.05) is 0 Å². The van der Waals surface area contributed by atoms with Gasteiger partial charge in [-0.15, -0.1) is 0 Å². The quantitative estimate of drug-likeness (QED) is 0.828. The number of benzene rings is 2. The molecule has 0 unspecified atom stereocenters. The Morgan fingerprint density at radius 1 is 1.32 bits per heavy atom. The summed E-state index contributed by atoms with van der Waals surface area (Å²) < 4.78 is 14.2. The summed E-state index contributed by atoms with van der Waals surface area (Å²) in [6, 6.07) is 9.41. The predicted molar refractivity (Wildman–Crippen MR) is 77.6 cm³/mol. The number of nitrogens with two attached hydrogens (primary N) is 1. The van der Waals surface area contributed by atoms with Crippen molar-refractivity contribution in [3.63, 3.8) is 0 Å². The molecule has 0 bridgehead atoms. The van der Waals surface area contributed by atoms with Crippen LogP contribution in [0, 0.1) is 12.7 Å². The average Bonchev–Trinajstić information content (AvgIpc) is 2.38. The Hall–Kier alpha value is -1.88. The van der Waals surface area contributed by atoms with Gasteiger partial charge >= 0.3 is 0 Å². The first-order chi connectivity index (χ1) is 8.99. The van der Waals surface area contributed by atoms with Crippen LogP contribution in [0.1, 0.15) is 15.9 Å². The highest BCUT2D eigenvalue weighted by molar-refractivity contribution is 9.10. The number of nitrogens with one attached hydrogen (secondary N) is 1. The van der Waals surface area contributed by atoms with E-state index in [-0.39, 0.29) is 5.56 Å². The van der Waals surface area contributed by atoms with Crippen LogP contribution in [-0.2, 0) is 0 Å². The molecule has 2 rings (SSSR count). The molecule has 0 atom stereocenters. The summed E-state index contributed by atoms with van der Waals surface area (Å²) in [5.74, 6) is -1.07. The third-order valence-electron chi connectivity index (χ3n) is 2.80. The molecule has 0 radical (unpaired) electrons. The second-order valence-electron chi connectivity index (χ2n) is 4.10. The minimum atomic E-state index is -0.567. The lowest BCUT2D eigenvalue weighted by molar-refractivity contribution is 0.102. The predicted octanol–water partition coefficient (Wildman–Crippen LogP) is 3.73. The number of hydrogen-bond donors (Lipinski definition) is 2. The molecule has 0 saturated heterocycles. The zero-order valence-corrected chi connectivity index (χ0v) is 11.8. The number of anilines is 2. The van der Waals surface area contributed by atoms with E-state index in [0.717, 1.165) is 5.56 Å². The molecule has 2 aromatic rings. The van der Waals surface area contributed by atoms with E-state index in [4.69, 9.17) is 5.73 Å². The third-order valence-corrected chi connectivity index (χ3v) is 3.29. The van der Waals surface area contributed by atoms with Crippen LogP contribution >= 0.6 is 15.9 Å². The first-order valence-corrected chi connectivity index (χ1v) is 6.40. The Morgan fingerprint density at radius 3 is 2.79 bits per heavy atom. The number of halogens is 2. The summed E-state index contributed by atoms with van der Waals surface area (Å²) in [4.78, 5) is 12.0. The van der Waals surface area contributed by atoms with E-state index < -0.39 is 11.7 Å². The molecule has 98 valence electrons. The van der Waals surface area contributed by atoms with E-state index in [0.29, 0.717) is 15.8 Å². The van der Waals surface area contributed by atoms with Crippen molar-refractivity contribution < 1.29 is 9.18 Å². The van der Waals surface area contributed by atoms with Crippen molar-refractivity contribution in [2.75, 3.05) is 11.1 Å². The van der Waals surface area contributed by atoms with Crippen LogP contribution in [0.4, 0.5) is 15.8 Å². The molecule has 0 spiro atoms. The summed E-state index contributed by atoms with van der Waals surface area (Å²) in [5, 5.41) is 2.66. The van der Waals surface area contributed by atoms with Crippen molar-refractivity contribution in [1.82, 2.24) is 0 Å². The van der Waals surface area contributed by atoms with E-state index >= 15 is 0 Å². The van der Waals surface area contributed by atoms with Crippen LogP contribution in [0.25, 0.3) is 0 Å². The minimum absolute atomic E-state index is 0.0174. The maximum atomic E-state index is 13.6. The van der Waals surface area contributed by atoms with Gasteiger partial charge in [0.2, 0.25) is 0 Å². The summed E-state index contributed by atoms with van der Waals surface area (Å²) in [6.45, 7) is 1.79. The van der Waals surface area contributed by atoms with Crippen LogP contribution in [0.3, 0.4) is 0 Å². The van der Waals surface area contributed by atoms with Crippen molar-refractivity contribution in [1.29, 1.82) is 0 Å². The molecule has 0 aliphatic rings. The van der Waals surface area contributed by atoms with Crippen LogP contribution in [0.2, 0.25) is 0 Å². The lowest BCUT2D eigenvalue weighted by Crippen LogP contribution is -2.15. The molecule has 3 nitrogen and oxygen atoms in total. The maximum absolute atomic E-state index is 13.6. The summed E-state index contributed by atoms with van der Waals surface area (Å²) in [7, 11) is 0. The van der Waals surface area contributed by atoms with E-state index in [1.165, 1.54) is 18.2 Å². The number of hydrogen-bond acceptors (Lipinski definition) is 2. The highest BCUT2D eigenvalue weighted by Crippen LogP contribution is 2.22. The monoisotopic (exact) mass is 322 g/mol. The number of nitrogen functional groups attached to an aromatic ring is 1. The van der Waals surface area contributed by atoms with Crippen molar-refractivity contribution >= 4 is 33.2 Å². The van der Waals surface area contributed by atoms with Gasteiger partial charge in [-0.05, 0) is 42.8 Å². The molecule has 0 heterocycles. The third kappa shape index (κ3) is 2.93. The molecule has 0 aliphatic carbocycles. The van der Waals surface area contributed by atoms with Gasteiger partial charge in [0.15, 0.2) is 0 Å². The second-order valence-corrected chi connectivity index (χ2v) is 5.01. The van der Waals surface area contributed by atoms with Gasteiger partial charge in [-0.25, -0.2) is 4.39 Å². The van der Waals surface area contributed by atoms with Gasteiger partial charge in [0.25, 0.3) is 5.91 Å². The number of carbonyl (C=O) groups is 1. The van der Waals surface area contributed by atoms with Gasteiger partial charge in [0.05, 0.1) is 5.56 Å². The smallest absolute Gasteiger partial charge is 0.258 e. The molecular formula is C14H12BrFN2O. The number of carbonyl (C=O) groups excluding carboxylic acids is 1. The highest BCUT2D eigenvalue weighted by Gasteiger charge is 2.13. The van der Waals surface area contributed by atoms with Gasteiger partial charge in [-0.2, -0.15) is 0 Å². The average molecular weight is 323 g/mol. The SMILES string of the molecule is Cc1c(N)cccc1NC(=O)c1cc(Br)ccc1F. The number of rotatable bonds is 2. The first-order valence-electron chi connectivity index (χ1n) is 5.60. The van der Waals surface area contributed by atoms with Gasteiger partial charge in [0.1, 0.15) is 5.82 Å². The maximum Gasteiger partial charge on any atom is 0.258 e. The van der Waals surface area contributed by atoms with Crippen molar-refractivity contribution in [2.24, 2.45) is 0 Å². The molecule has 19 heavy (non-hydrogen) atoms. The Kier molecular flexibility index (Phi) is 3.85. The summed E-state index contributed by atoms with van der Waals surface area (Å²) >= 11 is 3.21. The molecule has 1 amide bonds. The summed E-state index contributed by atoms with van der Waals surface area (Å²) in [6.07, 6.45) is 0. The molecule has 3 N–H and O–H groups in total. The van der Waals surface area contributed by atoms with Gasteiger partial charge in [0, 0.05) is 15.8 Å². The van der Waals surface area contributed by atoms with E-state index in [1.54, 1.807) is 25.1 Å². The fourth-order valence-corrected chi connectivity index (χ4v) is 2.01. The van der Waals surface area contributed by atoms with Crippen LogP contribution < -0.4 is 11.1 Å². The molecule has 5 heteroatoms. The Balaban J connectivity index is 2.31. The standard InChI is InChI=1S/C14H12BrFN2O/c1-8-12(17)3-2-4-13(8)18-14(19)10-7-9(15)5-6-11(10)16/h2-7H,17H2,1H3,(H,18,19). The molecule has 0 saturated carbocycles. The highest BCUT2D eigenvalue weighted by atomic mass is 79.9. The fraction of sp³-hybridized carbons (Fsp3) is 0.0714. The molecular weight excluding hydrogens is 311 g/mol. The van der Waals surface area contributed by atoms with E-state index in [9.17, 15) is 9.18 Å². The van der Waals surface area contributed by atoms with Gasteiger partial charge < -0.3 is 11.1 Å². The Labute approximate surface area is 118 Å². The Bertz CT molecular complexity index is 643. The van der Waals surface area contributed by atoms with E-state index in [2.05, 4.69) is 21.2 Å². The normalized spacial score (nSPS) is 10.3. The van der Waals surface area contributed by atoms with Crippen molar-refractivity contribution in [3.8, 4) is 0 Å². The topological polar surface area (TPSA) is 55.1 Å². The van der Waals surface area contributed by atoms with Crippen LogP contribution in [0.5, 0.6) is 0 Å². The molecule has 0 fully saturated rings. The zero-order chi connectivity index (χ0) is 14.0. The minimum Gasteiger partial charge on any atom is -0.398 e. The van der Waals surface area contributed by atoms with Crippen molar-refractivity contribution in [2.45, 2.75) is 6.92 Å². The van der Waals surface area contributed by atoms with Gasteiger partial charge in [-0.3, -0.25) is 4.79 Å². The van der Waals surface area contributed by atoms with Crippen LogP contribution in [-0.4, -0.2) is 5.91 Å². The first kappa shape index (κ1) is 13.5. The lowest BCUT2D eigenvalue weighted by Gasteiger charge is -2.10. The zero-order valence-electron chi connectivity index (χ0n) is 10.2. The molecule has 0 aliphatic heterocycles. The van der Waals surface area contributed by atoms with Crippen molar-refractivity contribution in [3.05, 3.63) is 57.8 Å². The Morgan fingerprint density at radius 2 is 2.05 bits per heavy atom. The molecule has 0 aromatic heterocycles. The van der Waals surface area contributed by atoms with Gasteiger partial charge in [-0.1, -0.05) is 22.0 Å². The lowest BCUT2D eigenvalue weighted by atomic mass is 10.1. The molecule has 2 aromatic carbocycles. The second kappa shape index (κ2) is 5.40. The fourth-order valence-electron chi connectivity index (χ4n) is 1.65.